The summed E-state index contributed by atoms with van der Waals surface area (Å²) in [5.74, 6) is -1.18. The molecule has 0 radical (unpaired) electrons. The van der Waals surface area contributed by atoms with Crippen molar-refractivity contribution in [2.75, 3.05) is 6.54 Å². The molecule has 1 amide bonds. The number of amides is 1. The maximum Gasteiger partial charge on any atom is 0.326 e. The number of hydrogen-bond donors (Lipinski definition) is 1. The molecule has 2 rings (SSSR count). The Kier molecular flexibility index (Phi) is 3.59. The van der Waals surface area contributed by atoms with Gasteiger partial charge in [-0.1, -0.05) is 6.92 Å². The van der Waals surface area contributed by atoms with Gasteiger partial charge in [0.25, 0.3) is 0 Å². The van der Waals surface area contributed by atoms with E-state index < -0.39 is 12.0 Å². The predicted octanol–water partition coefficient (Wildman–Crippen LogP) is -0.0102. The SMILES string of the molecule is CC1CCCN(C(=O)Cn2cncn2)C1C(=O)O. The molecule has 18 heavy (non-hydrogen) atoms. The summed E-state index contributed by atoms with van der Waals surface area (Å²) in [6.07, 6.45) is 4.47. The second-order valence-electron chi connectivity index (χ2n) is 4.58. The molecule has 0 aliphatic carbocycles. The van der Waals surface area contributed by atoms with Crippen molar-refractivity contribution in [1.29, 1.82) is 0 Å². The fourth-order valence-corrected chi connectivity index (χ4v) is 2.39. The normalized spacial score (nSPS) is 23.9. The molecule has 2 heterocycles. The number of nitrogens with zero attached hydrogens (tertiary/aromatic N) is 4. The minimum atomic E-state index is -0.936. The molecule has 0 saturated carbocycles. The molecule has 98 valence electrons. The van der Waals surface area contributed by atoms with Gasteiger partial charge in [0.2, 0.25) is 5.91 Å². The van der Waals surface area contributed by atoms with Gasteiger partial charge in [-0.15, -0.1) is 0 Å². The summed E-state index contributed by atoms with van der Waals surface area (Å²) in [7, 11) is 0. The van der Waals surface area contributed by atoms with Crippen molar-refractivity contribution in [1.82, 2.24) is 19.7 Å². The van der Waals surface area contributed by atoms with Crippen LogP contribution in [0.1, 0.15) is 19.8 Å². The van der Waals surface area contributed by atoms with Crippen LogP contribution < -0.4 is 0 Å². The zero-order valence-electron chi connectivity index (χ0n) is 10.2. The first-order chi connectivity index (χ1) is 8.59. The highest BCUT2D eigenvalue weighted by atomic mass is 16.4. The Labute approximate surface area is 104 Å². The predicted molar refractivity (Wildman–Crippen MR) is 61.6 cm³/mol. The third-order valence-electron chi connectivity index (χ3n) is 3.27. The Morgan fingerprint density at radius 2 is 2.28 bits per heavy atom. The standard InChI is InChI=1S/C11H16N4O3/c1-8-3-2-4-15(10(8)11(17)18)9(16)5-14-7-12-6-13-14/h6-8,10H,2-5H2,1H3,(H,17,18). The number of rotatable bonds is 3. The largest absolute Gasteiger partial charge is 0.480 e. The molecule has 2 atom stereocenters. The van der Waals surface area contributed by atoms with Crippen LogP contribution in [0.3, 0.4) is 0 Å². The molecule has 7 heteroatoms. The lowest BCUT2D eigenvalue weighted by atomic mass is 9.91. The summed E-state index contributed by atoms with van der Waals surface area (Å²) >= 11 is 0. The molecule has 7 nitrogen and oxygen atoms in total. The van der Waals surface area contributed by atoms with Crippen molar-refractivity contribution in [2.45, 2.75) is 32.4 Å². The van der Waals surface area contributed by atoms with Crippen molar-refractivity contribution >= 4 is 11.9 Å². The third kappa shape index (κ3) is 2.49. The molecule has 1 aliphatic rings. The van der Waals surface area contributed by atoms with Crippen LogP contribution in [0.4, 0.5) is 0 Å². The van der Waals surface area contributed by atoms with E-state index in [1.54, 1.807) is 0 Å². The molecule has 0 aromatic carbocycles. The molecular formula is C11H16N4O3. The zero-order chi connectivity index (χ0) is 13.1. The van der Waals surface area contributed by atoms with E-state index in [4.69, 9.17) is 0 Å². The Bertz CT molecular complexity index is 432. The number of aliphatic carboxylic acids is 1. The second kappa shape index (κ2) is 5.16. The molecule has 1 aromatic heterocycles. The monoisotopic (exact) mass is 252 g/mol. The van der Waals surface area contributed by atoms with Gasteiger partial charge >= 0.3 is 5.97 Å². The zero-order valence-corrected chi connectivity index (χ0v) is 10.2. The van der Waals surface area contributed by atoms with E-state index in [-0.39, 0.29) is 18.4 Å². The fourth-order valence-electron chi connectivity index (χ4n) is 2.39. The number of carbonyl (C=O) groups excluding carboxylic acids is 1. The summed E-state index contributed by atoms with van der Waals surface area (Å²) in [5, 5.41) is 13.1. The van der Waals surface area contributed by atoms with Gasteiger partial charge in [-0.2, -0.15) is 5.10 Å². The molecule has 0 spiro atoms. The lowest BCUT2D eigenvalue weighted by Crippen LogP contribution is -2.52. The third-order valence-corrected chi connectivity index (χ3v) is 3.27. The quantitative estimate of drug-likeness (QED) is 0.817. The lowest BCUT2D eigenvalue weighted by Gasteiger charge is -2.37. The van der Waals surface area contributed by atoms with Crippen LogP contribution in [0, 0.1) is 5.92 Å². The molecule has 1 saturated heterocycles. The van der Waals surface area contributed by atoms with Crippen molar-refractivity contribution in [3.8, 4) is 0 Å². The highest BCUT2D eigenvalue weighted by Crippen LogP contribution is 2.23. The van der Waals surface area contributed by atoms with Gasteiger partial charge in [-0.05, 0) is 18.8 Å². The van der Waals surface area contributed by atoms with Crippen LogP contribution in [0.2, 0.25) is 0 Å². The topological polar surface area (TPSA) is 88.3 Å². The average molecular weight is 252 g/mol. The summed E-state index contributed by atoms with van der Waals surface area (Å²) in [6, 6.07) is -0.727. The van der Waals surface area contributed by atoms with Gasteiger partial charge in [0.1, 0.15) is 25.2 Å². The molecule has 0 bridgehead atoms. The van der Waals surface area contributed by atoms with E-state index in [1.165, 1.54) is 22.2 Å². The van der Waals surface area contributed by atoms with Gasteiger partial charge in [-0.3, -0.25) is 4.79 Å². The first kappa shape index (κ1) is 12.5. The van der Waals surface area contributed by atoms with Gasteiger partial charge < -0.3 is 10.0 Å². The Morgan fingerprint density at radius 3 is 2.89 bits per heavy atom. The first-order valence-electron chi connectivity index (χ1n) is 5.94. The van der Waals surface area contributed by atoms with Gasteiger partial charge in [0.15, 0.2) is 0 Å². The minimum absolute atomic E-state index is 0.0176. The average Bonchev–Trinajstić information content (AvgIpc) is 2.80. The van der Waals surface area contributed by atoms with Crippen molar-refractivity contribution in [3.05, 3.63) is 12.7 Å². The van der Waals surface area contributed by atoms with Crippen LogP contribution >= 0.6 is 0 Å². The van der Waals surface area contributed by atoms with Crippen LogP contribution in [-0.2, 0) is 16.1 Å². The summed E-state index contributed by atoms with van der Waals surface area (Å²) in [6.45, 7) is 2.40. The number of aromatic nitrogens is 3. The van der Waals surface area contributed by atoms with E-state index in [1.807, 2.05) is 6.92 Å². The van der Waals surface area contributed by atoms with Crippen LogP contribution in [0.15, 0.2) is 12.7 Å². The molecule has 2 unspecified atom stereocenters. The number of carbonyl (C=O) groups is 2. The van der Waals surface area contributed by atoms with Crippen molar-refractivity contribution in [2.24, 2.45) is 5.92 Å². The smallest absolute Gasteiger partial charge is 0.326 e. The number of carboxylic acids is 1. The van der Waals surface area contributed by atoms with Crippen LogP contribution in [0.25, 0.3) is 0 Å². The first-order valence-corrected chi connectivity index (χ1v) is 5.94. The summed E-state index contributed by atoms with van der Waals surface area (Å²) < 4.78 is 1.40. The van der Waals surface area contributed by atoms with E-state index in [2.05, 4.69) is 10.1 Å². The van der Waals surface area contributed by atoms with E-state index >= 15 is 0 Å². The molecule has 1 aliphatic heterocycles. The summed E-state index contributed by atoms with van der Waals surface area (Å²) in [5.41, 5.74) is 0. The number of hydrogen-bond acceptors (Lipinski definition) is 4. The van der Waals surface area contributed by atoms with E-state index in [0.29, 0.717) is 6.54 Å². The van der Waals surface area contributed by atoms with E-state index in [9.17, 15) is 14.7 Å². The summed E-state index contributed by atoms with van der Waals surface area (Å²) in [4.78, 5) is 28.6. The number of piperidine rings is 1. The lowest BCUT2D eigenvalue weighted by molar-refractivity contribution is -0.155. The highest BCUT2D eigenvalue weighted by molar-refractivity contribution is 5.84. The molecular weight excluding hydrogens is 236 g/mol. The fraction of sp³-hybridized carbons (Fsp3) is 0.636. The Balaban J connectivity index is 2.09. The van der Waals surface area contributed by atoms with Crippen molar-refractivity contribution < 1.29 is 14.7 Å². The molecule has 1 aromatic rings. The maximum atomic E-state index is 12.1. The number of likely N-dealkylation sites (tertiary alicyclic amines) is 1. The van der Waals surface area contributed by atoms with Gasteiger partial charge in [0.05, 0.1) is 0 Å². The Hall–Kier alpha value is -1.92. The minimum Gasteiger partial charge on any atom is -0.480 e. The second-order valence-corrected chi connectivity index (χ2v) is 4.58. The highest BCUT2D eigenvalue weighted by Gasteiger charge is 2.36. The van der Waals surface area contributed by atoms with E-state index in [0.717, 1.165) is 12.8 Å². The van der Waals surface area contributed by atoms with Gasteiger partial charge in [0, 0.05) is 6.54 Å². The Morgan fingerprint density at radius 1 is 1.50 bits per heavy atom. The maximum absolute atomic E-state index is 12.1. The van der Waals surface area contributed by atoms with Crippen molar-refractivity contribution in [3.63, 3.8) is 0 Å². The number of carboxylic acid groups (broad SMARTS) is 1. The van der Waals surface area contributed by atoms with Gasteiger partial charge in [-0.25, -0.2) is 14.5 Å². The molecule has 1 N–H and O–H groups in total. The molecule has 1 fully saturated rings. The van der Waals surface area contributed by atoms with Crippen LogP contribution in [-0.4, -0.2) is 49.2 Å². The van der Waals surface area contributed by atoms with Crippen LogP contribution in [0.5, 0.6) is 0 Å².